The summed E-state index contributed by atoms with van der Waals surface area (Å²) in [4.78, 5) is 27.9. The number of carbonyl (C=O) groups excluding carboxylic acids is 2. The van der Waals surface area contributed by atoms with Crippen LogP contribution in [0.3, 0.4) is 0 Å². The van der Waals surface area contributed by atoms with Crippen molar-refractivity contribution in [3.63, 3.8) is 0 Å². The highest BCUT2D eigenvalue weighted by molar-refractivity contribution is 6.23. The number of urea groups is 1. The summed E-state index contributed by atoms with van der Waals surface area (Å²) >= 11 is 0. The summed E-state index contributed by atoms with van der Waals surface area (Å²) in [5, 5.41) is 8.94. The molecule has 2 fully saturated rings. The highest BCUT2D eigenvalue weighted by atomic mass is 16.2. The van der Waals surface area contributed by atoms with Crippen LogP contribution in [0.15, 0.2) is 24.3 Å². The third kappa shape index (κ3) is 1.54. The second-order valence-electron chi connectivity index (χ2n) is 5.38. The minimum Gasteiger partial charge on any atom is -0.312 e. The summed E-state index contributed by atoms with van der Waals surface area (Å²) < 4.78 is 0. The SMILES string of the molecule is CN1C(=O)N(c2cccc(C#N)c2)C(=O)C12CCCC2. The summed E-state index contributed by atoms with van der Waals surface area (Å²) in [7, 11) is 1.69. The van der Waals surface area contributed by atoms with Crippen LogP contribution in [0.4, 0.5) is 10.5 Å². The van der Waals surface area contributed by atoms with Gasteiger partial charge in [-0.25, -0.2) is 9.69 Å². The van der Waals surface area contributed by atoms with Crippen molar-refractivity contribution in [1.82, 2.24) is 4.90 Å². The van der Waals surface area contributed by atoms with Crippen molar-refractivity contribution in [3.05, 3.63) is 29.8 Å². The van der Waals surface area contributed by atoms with Gasteiger partial charge in [0.15, 0.2) is 0 Å². The number of nitrogens with zero attached hydrogens (tertiary/aromatic N) is 3. The molecule has 1 spiro atoms. The van der Waals surface area contributed by atoms with E-state index in [1.165, 1.54) is 4.90 Å². The van der Waals surface area contributed by atoms with Crippen LogP contribution in [0.5, 0.6) is 0 Å². The van der Waals surface area contributed by atoms with Crippen LogP contribution >= 0.6 is 0 Å². The second kappa shape index (κ2) is 4.34. The lowest BCUT2D eigenvalue weighted by molar-refractivity contribution is -0.124. The second-order valence-corrected chi connectivity index (χ2v) is 5.38. The predicted octanol–water partition coefficient (Wildman–Crippen LogP) is 2.27. The molecule has 5 nitrogen and oxygen atoms in total. The zero-order valence-electron chi connectivity index (χ0n) is 11.3. The number of imide groups is 1. The first kappa shape index (κ1) is 12.7. The van der Waals surface area contributed by atoms with Gasteiger partial charge in [0.25, 0.3) is 5.91 Å². The number of hydrogen-bond acceptors (Lipinski definition) is 3. The first-order chi connectivity index (χ1) is 9.60. The molecule has 1 heterocycles. The molecule has 5 heteroatoms. The Labute approximate surface area is 117 Å². The van der Waals surface area contributed by atoms with Crippen molar-refractivity contribution >= 4 is 17.6 Å². The van der Waals surface area contributed by atoms with E-state index in [4.69, 9.17) is 5.26 Å². The molecule has 1 aliphatic carbocycles. The van der Waals surface area contributed by atoms with Gasteiger partial charge in [-0.2, -0.15) is 5.26 Å². The lowest BCUT2D eigenvalue weighted by atomic mass is 9.96. The molecule has 1 saturated heterocycles. The third-order valence-corrected chi connectivity index (χ3v) is 4.39. The molecule has 1 saturated carbocycles. The molecule has 3 rings (SSSR count). The molecular formula is C15H15N3O2. The normalized spacial score (nSPS) is 20.8. The van der Waals surface area contributed by atoms with Crippen LogP contribution in [-0.4, -0.2) is 29.4 Å². The van der Waals surface area contributed by atoms with Gasteiger partial charge in [-0.3, -0.25) is 4.79 Å². The summed E-state index contributed by atoms with van der Waals surface area (Å²) in [5.41, 5.74) is 0.257. The molecule has 1 aromatic carbocycles. The average molecular weight is 269 g/mol. The predicted molar refractivity (Wildman–Crippen MR) is 73.0 cm³/mol. The largest absolute Gasteiger partial charge is 0.332 e. The molecule has 2 aliphatic rings. The van der Waals surface area contributed by atoms with E-state index in [0.29, 0.717) is 11.3 Å². The molecule has 0 aromatic heterocycles. The van der Waals surface area contributed by atoms with E-state index in [0.717, 1.165) is 25.7 Å². The molecule has 20 heavy (non-hydrogen) atoms. The van der Waals surface area contributed by atoms with Crippen LogP contribution in [0, 0.1) is 11.3 Å². The van der Waals surface area contributed by atoms with Gasteiger partial charge < -0.3 is 4.90 Å². The lowest BCUT2D eigenvalue weighted by Gasteiger charge is -2.27. The first-order valence-corrected chi connectivity index (χ1v) is 6.73. The molecule has 1 aliphatic heterocycles. The number of rotatable bonds is 1. The number of anilines is 1. The molecule has 0 unspecified atom stereocenters. The van der Waals surface area contributed by atoms with Gasteiger partial charge in [-0.15, -0.1) is 0 Å². The maximum atomic E-state index is 12.7. The molecule has 0 N–H and O–H groups in total. The fourth-order valence-corrected chi connectivity index (χ4v) is 3.22. The molecule has 0 radical (unpaired) electrons. The Morgan fingerprint density at radius 1 is 1.25 bits per heavy atom. The minimum absolute atomic E-state index is 0.155. The van der Waals surface area contributed by atoms with Crippen molar-refractivity contribution in [2.45, 2.75) is 31.2 Å². The van der Waals surface area contributed by atoms with E-state index in [-0.39, 0.29) is 11.9 Å². The Morgan fingerprint density at radius 3 is 2.60 bits per heavy atom. The summed E-state index contributed by atoms with van der Waals surface area (Å²) in [5.74, 6) is -0.155. The van der Waals surface area contributed by atoms with E-state index in [1.807, 2.05) is 6.07 Å². The van der Waals surface area contributed by atoms with Gasteiger partial charge in [-0.1, -0.05) is 18.9 Å². The van der Waals surface area contributed by atoms with Gasteiger partial charge in [0.05, 0.1) is 17.3 Å². The van der Waals surface area contributed by atoms with E-state index < -0.39 is 5.54 Å². The van der Waals surface area contributed by atoms with Gasteiger partial charge in [0.2, 0.25) is 0 Å². The fourth-order valence-electron chi connectivity index (χ4n) is 3.22. The smallest absolute Gasteiger partial charge is 0.312 e. The highest BCUT2D eigenvalue weighted by Crippen LogP contribution is 2.42. The van der Waals surface area contributed by atoms with Crippen molar-refractivity contribution in [3.8, 4) is 6.07 Å². The van der Waals surface area contributed by atoms with Gasteiger partial charge in [0, 0.05) is 7.05 Å². The number of likely N-dealkylation sites (N-methyl/N-ethyl adjacent to an activating group) is 1. The Morgan fingerprint density at radius 2 is 1.95 bits per heavy atom. The van der Waals surface area contributed by atoms with Crippen molar-refractivity contribution < 1.29 is 9.59 Å². The fraction of sp³-hybridized carbons (Fsp3) is 0.400. The molecule has 0 atom stereocenters. The Kier molecular flexibility index (Phi) is 2.75. The number of hydrogen-bond donors (Lipinski definition) is 0. The zero-order valence-corrected chi connectivity index (χ0v) is 11.3. The maximum Gasteiger partial charge on any atom is 0.332 e. The number of benzene rings is 1. The Bertz CT molecular complexity index is 626. The molecule has 1 aromatic rings. The maximum absolute atomic E-state index is 12.7. The summed E-state index contributed by atoms with van der Waals surface area (Å²) in [6.45, 7) is 0. The van der Waals surface area contributed by atoms with Gasteiger partial charge in [-0.05, 0) is 31.0 Å². The van der Waals surface area contributed by atoms with Crippen LogP contribution in [-0.2, 0) is 4.79 Å². The monoisotopic (exact) mass is 269 g/mol. The van der Waals surface area contributed by atoms with Crippen molar-refractivity contribution in [2.24, 2.45) is 0 Å². The van der Waals surface area contributed by atoms with E-state index in [2.05, 4.69) is 0 Å². The Balaban J connectivity index is 2.04. The van der Waals surface area contributed by atoms with Gasteiger partial charge in [0.1, 0.15) is 5.54 Å². The van der Waals surface area contributed by atoms with Crippen LogP contribution in [0.25, 0.3) is 0 Å². The average Bonchev–Trinajstić information content (AvgIpc) is 3.02. The topological polar surface area (TPSA) is 64.4 Å². The molecule has 0 bridgehead atoms. The van der Waals surface area contributed by atoms with Gasteiger partial charge >= 0.3 is 6.03 Å². The van der Waals surface area contributed by atoms with E-state index >= 15 is 0 Å². The summed E-state index contributed by atoms with van der Waals surface area (Å²) in [6.07, 6.45) is 3.38. The van der Waals surface area contributed by atoms with Crippen molar-refractivity contribution in [2.75, 3.05) is 11.9 Å². The highest BCUT2D eigenvalue weighted by Gasteiger charge is 2.57. The van der Waals surface area contributed by atoms with E-state index in [9.17, 15) is 9.59 Å². The Hall–Kier alpha value is -2.35. The van der Waals surface area contributed by atoms with Crippen LogP contribution in [0.2, 0.25) is 0 Å². The zero-order chi connectivity index (χ0) is 14.3. The summed E-state index contributed by atoms with van der Waals surface area (Å²) in [6, 6.07) is 8.35. The first-order valence-electron chi connectivity index (χ1n) is 6.73. The quantitative estimate of drug-likeness (QED) is 0.735. The molecule has 3 amide bonds. The minimum atomic E-state index is -0.667. The van der Waals surface area contributed by atoms with Crippen molar-refractivity contribution in [1.29, 1.82) is 5.26 Å². The van der Waals surface area contributed by atoms with Crippen LogP contribution in [0.1, 0.15) is 31.2 Å². The third-order valence-electron chi connectivity index (χ3n) is 4.39. The lowest BCUT2D eigenvalue weighted by Crippen LogP contribution is -2.45. The number of nitriles is 1. The molecular weight excluding hydrogens is 254 g/mol. The molecule has 102 valence electrons. The van der Waals surface area contributed by atoms with E-state index in [1.54, 1.807) is 36.2 Å². The standard InChI is InChI=1S/C15H15N3O2/c1-17-14(20)18(12-6-4-5-11(9-12)10-16)13(19)15(17)7-2-3-8-15/h4-6,9H,2-3,7-8H2,1H3. The van der Waals surface area contributed by atoms with Crippen LogP contribution < -0.4 is 4.90 Å². The number of carbonyl (C=O) groups is 2. The number of amides is 3.